The minimum absolute atomic E-state index is 0.161. The zero-order valence-electron chi connectivity index (χ0n) is 11.7. The van der Waals surface area contributed by atoms with Crippen LogP contribution in [0.25, 0.3) is 0 Å². The van der Waals surface area contributed by atoms with Crippen LogP contribution in [0.2, 0.25) is 18.1 Å². The van der Waals surface area contributed by atoms with Gasteiger partial charge in [0.1, 0.15) is 18.9 Å². The van der Waals surface area contributed by atoms with Crippen molar-refractivity contribution in [2.24, 2.45) is 0 Å². The first-order valence-corrected chi connectivity index (χ1v) is 11.1. The van der Waals surface area contributed by atoms with E-state index in [1.165, 1.54) is 12.1 Å². The summed E-state index contributed by atoms with van der Waals surface area (Å²) in [5.41, 5.74) is 0. The van der Waals surface area contributed by atoms with E-state index in [4.69, 9.17) is 0 Å². The Morgan fingerprint density at radius 1 is 1.26 bits per heavy atom. The van der Waals surface area contributed by atoms with Gasteiger partial charge in [-0.15, -0.1) is 0 Å². The molecule has 0 aliphatic rings. The summed E-state index contributed by atoms with van der Waals surface area (Å²) in [5.74, 6) is -0.749. The summed E-state index contributed by atoms with van der Waals surface area (Å²) >= 11 is 3.11. The van der Waals surface area contributed by atoms with Crippen LogP contribution in [0.5, 0.6) is 0 Å². The molecule has 1 aromatic rings. The Morgan fingerprint density at radius 2 is 1.79 bits per heavy atom. The molecule has 0 aliphatic carbocycles. The molecule has 3 nitrogen and oxygen atoms in total. The number of rotatable bonds is 3. The number of sulfonamides is 1. The molecule has 0 saturated heterocycles. The summed E-state index contributed by atoms with van der Waals surface area (Å²) in [6.45, 7) is 9.79. The smallest absolute Gasteiger partial charge is 0.233 e. The van der Waals surface area contributed by atoms with Crippen LogP contribution in [-0.2, 0) is 10.0 Å². The van der Waals surface area contributed by atoms with Crippen molar-refractivity contribution in [3.63, 3.8) is 0 Å². The van der Waals surface area contributed by atoms with Crippen LogP contribution in [-0.4, -0.2) is 16.7 Å². The van der Waals surface area contributed by atoms with E-state index in [0.717, 1.165) is 6.07 Å². The third-order valence-electron chi connectivity index (χ3n) is 3.45. The quantitative estimate of drug-likeness (QED) is 0.824. The van der Waals surface area contributed by atoms with E-state index in [1.807, 2.05) is 33.9 Å². The van der Waals surface area contributed by atoms with E-state index in [-0.39, 0.29) is 9.93 Å². The van der Waals surface area contributed by atoms with E-state index in [1.54, 1.807) is 0 Å². The second kappa shape index (κ2) is 5.27. The van der Waals surface area contributed by atoms with Crippen molar-refractivity contribution in [2.75, 3.05) is 0 Å². The van der Waals surface area contributed by atoms with Gasteiger partial charge in [0, 0.05) is 4.47 Å². The highest BCUT2D eigenvalue weighted by Crippen LogP contribution is 2.35. The predicted molar refractivity (Wildman–Crippen MR) is 81.6 cm³/mol. The Bertz CT molecular complexity index is 582. The number of halogens is 2. The van der Waals surface area contributed by atoms with Gasteiger partial charge in [-0.25, -0.2) is 17.2 Å². The first-order chi connectivity index (χ1) is 8.37. The lowest BCUT2D eigenvalue weighted by atomic mass is 10.2. The summed E-state index contributed by atoms with van der Waals surface area (Å²) in [5, 5.41) is -0.161. The largest absolute Gasteiger partial charge is 0.237 e. The monoisotopic (exact) mass is 367 g/mol. The van der Waals surface area contributed by atoms with Crippen molar-refractivity contribution in [1.82, 2.24) is 4.39 Å². The summed E-state index contributed by atoms with van der Waals surface area (Å²) in [7, 11) is -6.11. The molecule has 0 heterocycles. The first kappa shape index (κ1) is 16.8. The topological polar surface area (TPSA) is 46.2 Å². The predicted octanol–water partition coefficient (Wildman–Crippen LogP) is 3.87. The molecule has 0 unspecified atom stereocenters. The molecule has 1 aromatic carbocycles. The Kier molecular flexibility index (Phi) is 4.66. The molecular formula is C12H19BrFNO2SSi. The summed E-state index contributed by atoms with van der Waals surface area (Å²) in [6, 6.07) is 3.94. The molecule has 19 heavy (non-hydrogen) atoms. The fourth-order valence-corrected chi connectivity index (χ4v) is 6.48. The van der Waals surface area contributed by atoms with Crippen LogP contribution < -0.4 is 4.39 Å². The standard InChI is InChI=1S/C12H19BrFNO2SSi/c1-12(2,3)19(4,5)15-18(16,17)11-7-6-9(13)8-10(11)14/h6-8,15H,1-5H3. The number of benzene rings is 1. The van der Waals surface area contributed by atoms with E-state index < -0.39 is 24.1 Å². The Morgan fingerprint density at radius 3 is 2.21 bits per heavy atom. The van der Waals surface area contributed by atoms with E-state index in [2.05, 4.69) is 20.3 Å². The van der Waals surface area contributed by atoms with Gasteiger partial charge in [-0.05, 0) is 23.2 Å². The molecule has 0 aliphatic heterocycles. The van der Waals surface area contributed by atoms with E-state index >= 15 is 0 Å². The zero-order chi connectivity index (χ0) is 15.1. The Balaban J connectivity index is 3.20. The molecule has 0 spiro atoms. The molecule has 0 bridgehead atoms. The maximum Gasteiger partial charge on any atom is 0.237 e. The van der Waals surface area contributed by atoms with E-state index in [9.17, 15) is 12.8 Å². The second-order valence-corrected chi connectivity index (χ2v) is 14.0. The van der Waals surface area contributed by atoms with Gasteiger partial charge in [0.15, 0.2) is 0 Å². The van der Waals surface area contributed by atoms with Gasteiger partial charge in [0.25, 0.3) is 0 Å². The lowest BCUT2D eigenvalue weighted by Gasteiger charge is -2.36. The molecule has 1 rings (SSSR count). The normalized spacial score (nSPS) is 13.6. The van der Waals surface area contributed by atoms with Crippen molar-refractivity contribution in [2.45, 2.75) is 43.8 Å². The van der Waals surface area contributed by atoms with Crippen LogP contribution in [0.15, 0.2) is 27.6 Å². The summed E-state index contributed by atoms with van der Waals surface area (Å²) in [6.07, 6.45) is 0. The minimum Gasteiger partial charge on any atom is -0.233 e. The lowest BCUT2D eigenvalue weighted by Crippen LogP contribution is -2.54. The Hall–Kier alpha value is -0.243. The number of hydrogen-bond donors (Lipinski definition) is 1. The Labute approximate surface area is 123 Å². The van der Waals surface area contributed by atoms with Gasteiger partial charge in [0.2, 0.25) is 10.0 Å². The molecule has 0 amide bonds. The van der Waals surface area contributed by atoms with Crippen LogP contribution in [0, 0.1) is 5.82 Å². The van der Waals surface area contributed by atoms with Crippen LogP contribution in [0.3, 0.4) is 0 Å². The van der Waals surface area contributed by atoms with Gasteiger partial charge >= 0.3 is 0 Å². The average Bonchev–Trinajstić information content (AvgIpc) is 2.12. The summed E-state index contributed by atoms with van der Waals surface area (Å²) < 4.78 is 41.6. The highest BCUT2D eigenvalue weighted by atomic mass is 79.9. The second-order valence-electron chi connectivity index (χ2n) is 6.06. The van der Waals surface area contributed by atoms with Crippen molar-refractivity contribution in [3.8, 4) is 0 Å². The molecule has 0 fully saturated rings. The van der Waals surface area contributed by atoms with Gasteiger partial charge in [-0.1, -0.05) is 49.8 Å². The average molecular weight is 368 g/mol. The minimum atomic E-state index is -3.83. The third kappa shape index (κ3) is 3.87. The van der Waals surface area contributed by atoms with Crippen LogP contribution in [0.4, 0.5) is 4.39 Å². The maximum absolute atomic E-state index is 13.8. The zero-order valence-corrected chi connectivity index (χ0v) is 15.1. The fraction of sp³-hybridized carbons (Fsp3) is 0.500. The van der Waals surface area contributed by atoms with Crippen molar-refractivity contribution < 1.29 is 12.8 Å². The molecule has 1 N–H and O–H groups in total. The maximum atomic E-state index is 13.8. The molecule has 0 saturated carbocycles. The fourth-order valence-electron chi connectivity index (χ4n) is 1.24. The molecule has 0 aromatic heterocycles. The van der Waals surface area contributed by atoms with Crippen molar-refractivity contribution >= 4 is 34.2 Å². The molecular weight excluding hydrogens is 349 g/mol. The highest BCUT2D eigenvalue weighted by Gasteiger charge is 2.40. The van der Waals surface area contributed by atoms with Crippen molar-refractivity contribution in [3.05, 3.63) is 28.5 Å². The molecule has 0 atom stereocenters. The third-order valence-corrected chi connectivity index (χ3v) is 11.7. The number of nitrogens with one attached hydrogen (secondary N) is 1. The molecule has 108 valence electrons. The molecule has 0 radical (unpaired) electrons. The number of hydrogen-bond acceptors (Lipinski definition) is 2. The molecule has 7 heteroatoms. The SMILES string of the molecule is CC(C)(C)[Si](C)(C)NS(=O)(=O)c1ccc(Br)cc1F. The van der Waals surface area contributed by atoms with Crippen LogP contribution >= 0.6 is 15.9 Å². The van der Waals surface area contributed by atoms with Gasteiger partial charge in [0.05, 0.1) is 0 Å². The van der Waals surface area contributed by atoms with Gasteiger partial charge in [-0.3, -0.25) is 0 Å². The van der Waals surface area contributed by atoms with Crippen LogP contribution in [0.1, 0.15) is 20.8 Å². The van der Waals surface area contributed by atoms with Crippen molar-refractivity contribution in [1.29, 1.82) is 0 Å². The summed E-state index contributed by atoms with van der Waals surface area (Å²) in [4.78, 5) is -0.305. The first-order valence-electron chi connectivity index (χ1n) is 5.86. The van der Waals surface area contributed by atoms with E-state index in [0.29, 0.717) is 4.47 Å². The van der Waals surface area contributed by atoms with Gasteiger partial charge < -0.3 is 0 Å². The lowest BCUT2D eigenvalue weighted by molar-refractivity contribution is 0.562. The van der Waals surface area contributed by atoms with Gasteiger partial charge in [-0.2, -0.15) is 0 Å². The highest BCUT2D eigenvalue weighted by molar-refractivity contribution is 9.10.